The molecule has 9 nitrogen and oxygen atoms in total. The second-order valence-corrected chi connectivity index (χ2v) is 19.0. The predicted octanol–water partition coefficient (Wildman–Crippen LogP) is 12.8. The van der Waals surface area contributed by atoms with Gasteiger partial charge in [-0.3, -0.25) is 4.79 Å². The van der Waals surface area contributed by atoms with Crippen LogP contribution in [0.25, 0.3) is 0 Å². The number of amides is 1. The second-order valence-electron chi connectivity index (χ2n) is 19.0. The molecule has 1 fully saturated rings. The van der Waals surface area contributed by atoms with E-state index in [1.54, 1.807) is 0 Å². The zero-order valence-corrected chi connectivity index (χ0v) is 41.5. The third-order valence-corrected chi connectivity index (χ3v) is 13.0. The Bertz CT molecular complexity index is 1100. The minimum Gasteiger partial charge on any atom is -0.394 e. The Morgan fingerprint density at radius 2 is 0.922 bits per heavy atom. The molecule has 1 saturated heterocycles. The van der Waals surface area contributed by atoms with Gasteiger partial charge in [0.05, 0.1) is 25.4 Å². The first kappa shape index (κ1) is 60.4. The van der Waals surface area contributed by atoms with Crippen LogP contribution in [-0.2, 0) is 14.3 Å². The lowest BCUT2D eigenvalue weighted by Gasteiger charge is -2.40. The zero-order chi connectivity index (χ0) is 46.6. The summed E-state index contributed by atoms with van der Waals surface area (Å²) >= 11 is 0. The maximum atomic E-state index is 13.0. The Kier molecular flexibility index (Phi) is 42.7. The van der Waals surface area contributed by atoms with Crippen molar-refractivity contribution in [2.24, 2.45) is 0 Å². The molecule has 0 aromatic heterocycles. The Labute approximate surface area is 393 Å². The highest BCUT2D eigenvalue weighted by atomic mass is 16.7. The van der Waals surface area contributed by atoms with Crippen LogP contribution in [0.3, 0.4) is 0 Å². The maximum Gasteiger partial charge on any atom is 0.220 e. The standard InChI is InChI=1S/C55H103NO8/c1-3-5-7-9-11-13-15-17-19-21-23-24-25-27-28-30-32-34-36-38-40-42-44-49(58)48(47-63-55-54(62)53(61)52(60)50(46-57)64-55)56-51(59)45-43-41-39-37-35-33-31-29-26-22-20-18-16-14-12-10-8-6-4-2/h12,14,18,20,26,29,48-50,52-55,57-58,60-62H,3-11,13,15-17,19,21-25,27-28,30-47H2,1-2H3,(H,56,59)/b14-12-,20-18-,29-26-. The molecule has 0 aromatic rings. The van der Waals surface area contributed by atoms with E-state index in [-0.39, 0.29) is 12.5 Å². The third kappa shape index (κ3) is 34.7. The first-order chi connectivity index (χ1) is 31.3. The monoisotopic (exact) mass is 906 g/mol. The molecule has 1 amide bonds. The molecule has 0 aliphatic carbocycles. The summed E-state index contributed by atoms with van der Waals surface area (Å²) in [5, 5.41) is 54.6. The largest absolute Gasteiger partial charge is 0.394 e. The SMILES string of the molecule is CCCCC/C=C\C/C=C\C/C=C\CCCCCCCCC(=O)NC(COC1OC(CO)C(O)C(O)C1O)C(O)CCCCCCCCCCCCCCCCCCCCCCCC. The number of carbonyl (C=O) groups is 1. The van der Waals surface area contributed by atoms with E-state index >= 15 is 0 Å². The van der Waals surface area contributed by atoms with Gasteiger partial charge in [0.15, 0.2) is 6.29 Å². The lowest BCUT2D eigenvalue weighted by atomic mass is 9.99. The summed E-state index contributed by atoms with van der Waals surface area (Å²) in [4.78, 5) is 13.0. The molecule has 376 valence electrons. The van der Waals surface area contributed by atoms with Crippen molar-refractivity contribution in [3.8, 4) is 0 Å². The lowest BCUT2D eigenvalue weighted by Crippen LogP contribution is -2.60. The smallest absolute Gasteiger partial charge is 0.220 e. The molecule has 0 saturated carbocycles. The van der Waals surface area contributed by atoms with Crippen molar-refractivity contribution in [3.05, 3.63) is 36.5 Å². The molecule has 1 aliphatic heterocycles. The molecule has 0 radical (unpaired) electrons. The van der Waals surface area contributed by atoms with Crippen LogP contribution >= 0.6 is 0 Å². The minimum atomic E-state index is -1.56. The number of nitrogens with one attached hydrogen (secondary N) is 1. The third-order valence-electron chi connectivity index (χ3n) is 13.0. The van der Waals surface area contributed by atoms with Crippen molar-refractivity contribution in [3.63, 3.8) is 0 Å². The summed E-state index contributed by atoms with van der Waals surface area (Å²) in [5.41, 5.74) is 0. The highest BCUT2D eigenvalue weighted by Crippen LogP contribution is 2.23. The van der Waals surface area contributed by atoms with E-state index in [9.17, 15) is 30.3 Å². The number of aliphatic hydroxyl groups is 5. The highest BCUT2D eigenvalue weighted by Gasteiger charge is 2.44. The van der Waals surface area contributed by atoms with Gasteiger partial charge in [-0.25, -0.2) is 0 Å². The molecule has 9 heteroatoms. The summed E-state index contributed by atoms with van der Waals surface area (Å²) in [7, 11) is 0. The number of unbranched alkanes of at least 4 members (excludes halogenated alkanes) is 30. The first-order valence-electron chi connectivity index (χ1n) is 27.2. The van der Waals surface area contributed by atoms with Gasteiger partial charge in [0.1, 0.15) is 24.4 Å². The minimum absolute atomic E-state index is 0.143. The van der Waals surface area contributed by atoms with Crippen molar-refractivity contribution in [2.75, 3.05) is 13.2 Å². The summed E-state index contributed by atoms with van der Waals surface area (Å²) in [6.07, 6.45) is 50.1. The van der Waals surface area contributed by atoms with Crippen LogP contribution in [0.2, 0.25) is 0 Å². The second kappa shape index (κ2) is 45.2. The fourth-order valence-electron chi connectivity index (χ4n) is 8.64. The van der Waals surface area contributed by atoms with E-state index in [0.717, 1.165) is 64.2 Å². The molecule has 0 bridgehead atoms. The number of hydrogen-bond acceptors (Lipinski definition) is 8. The number of aliphatic hydroxyl groups excluding tert-OH is 5. The van der Waals surface area contributed by atoms with Gasteiger partial charge >= 0.3 is 0 Å². The molecule has 6 N–H and O–H groups in total. The fraction of sp³-hybridized carbons (Fsp3) is 0.873. The zero-order valence-electron chi connectivity index (χ0n) is 41.5. The van der Waals surface area contributed by atoms with Crippen LogP contribution in [0.1, 0.15) is 251 Å². The molecular formula is C55H103NO8. The summed E-state index contributed by atoms with van der Waals surface area (Å²) in [6.45, 7) is 3.82. The van der Waals surface area contributed by atoms with Crippen molar-refractivity contribution in [2.45, 2.75) is 294 Å². The molecule has 1 rings (SSSR count). The predicted molar refractivity (Wildman–Crippen MR) is 267 cm³/mol. The lowest BCUT2D eigenvalue weighted by molar-refractivity contribution is -0.302. The number of rotatable bonds is 46. The summed E-state index contributed by atoms with van der Waals surface area (Å²) in [6, 6.07) is -0.726. The van der Waals surface area contributed by atoms with Gasteiger partial charge in [-0.2, -0.15) is 0 Å². The molecule has 1 heterocycles. The fourth-order valence-corrected chi connectivity index (χ4v) is 8.64. The van der Waals surface area contributed by atoms with E-state index in [1.807, 2.05) is 0 Å². The highest BCUT2D eigenvalue weighted by molar-refractivity contribution is 5.76. The maximum absolute atomic E-state index is 13.0. The summed E-state index contributed by atoms with van der Waals surface area (Å²) < 4.78 is 11.3. The van der Waals surface area contributed by atoms with Crippen LogP contribution in [0.15, 0.2) is 36.5 Å². The van der Waals surface area contributed by atoms with Crippen LogP contribution in [0, 0.1) is 0 Å². The van der Waals surface area contributed by atoms with Gasteiger partial charge in [0.25, 0.3) is 0 Å². The molecular weight excluding hydrogens is 803 g/mol. The molecule has 7 unspecified atom stereocenters. The van der Waals surface area contributed by atoms with Crippen molar-refractivity contribution >= 4 is 5.91 Å². The van der Waals surface area contributed by atoms with E-state index in [4.69, 9.17) is 9.47 Å². The van der Waals surface area contributed by atoms with Gasteiger partial charge in [-0.1, -0.05) is 230 Å². The number of hydrogen-bond donors (Lipinski definition) is 6. The molecule has 7 atom stereocenters. The number of ether oxygens (including phenoxy) is 2. The van der Waals surface area contributed by atoms with E-state index in [1.165, 1.54) is 161 Å². The number of allylic oxidation sites excluding steroid dienone is 6. The number of carbonyl (C=O) groups excluding carboxylic acids is 1. The van der Waals surface area contributed by atoms with Gasteiger partial charge in [0, 0.05) is 6.42 Å². The topological polar surface area (TPSA) is 149 Å². The Balaban J connectivity index is 2.25. The van der Waals surface area contributed by atoms with Gasteiger partial charge < -0.3 is 40.3 Å². The molecule has 0 aromatic carbocycles. The van der Waals surface area contributed by atoms with Gasteiger partial charge in [-0.05, 0) is 51.4 Å². The first-order valence-corrected chi connectivity index (χ1v) is 27.2. The van der Waals surface area contributed by atoms with Crippen molar-refractivity contribution in [1.82, 2.24) is 5.32 Å². The molecule has 0 spiro atoms. The van der Waals surface area contributed by atoms with Crippen LogP contribution in [0.5, 0.6) is 0 Å². The Morgan fingerprint density at radius 1 is 0.531 bits per heavy atom. The van der Waals surface area contributed by atoms with E-state index < -0.39 is 49.5 Å². The van der Waals surface area contributed by atoms with Crippen LogP contribution in [0.4, 0.5) is 0 Å². The summed E-state index contributed by atoms with van der Waals surface area (Å²) in [5.74, 6) is -0.155. The van der Waals surface area contributed by atoms with Crippen molar-refractivity contribution < 1.29 is 39.8 Å². The Morgan fingerprint density at radius 3 is 1.39 bits per heavy atom. The van der Waals surface area contributed by atoms with Crippen LogP contribution in [-0.4, -0.2) is 87.5 Å². The van der Waals surface area contributed by atoms with E-state index in [0.29, 0.717) is 12.8 Å². The Hall–Kier alpha value is -1.59. The average Bonchev–Trinajstić information content (AvgIpc) is 3.29. The van der Waals surface area contributed by atoms with Crippen molar-refractivity contribution in [1.29, 1.82) is 0 Å². The van der Waals surface area contributed by atoms with Gasteiger partial charge in [-0.15, -0.1) is 0 Å². The quantitative estimate of drug-likeness (QED) is 0.0261. The molecule has 1 aliphatic rings. The normalized spacial score (nSPS) is 20.3. The van der Waals surface area contributed by atoms with E-state index in [2.05, 4.69) is 55.6 Å². The van der Waals surface area contributed by atoms with Gasteiger partial charge in [0.2, 0.25) is 5.91 Å². The van der Waals surface area contributed by atoms with Crippen LogP contribution < -0.4 is 5.32 Å². The molecule has 64 heavy (non-hydrogen) atoms. The average molecular weight is 906 g/mol.